The highest BCUT2D eigenvalue weighted by molar-refractivity contribution is 5.90. The van der Waals surface area contributed by atoms with Crippen molar-refractivity contribution < 1.29 is 27.9 Å². The molecule has 2 aliphatic heterocycles. The quantitative estimate of drug-likeness (QED) is 0.741. The zero-order valence-corrected chi connectivity index (χ0v) is 17.1. The molecule has 0 radical (unpaired) electrons. The molecule has 0 bridgehead atoms. The second-order valence-electron chi connectivity index (χ2n) is 7.59. The summed E-state index contributed by atoms with van der Waals surface area (Å²) in [5.74, 6) is -1.87. The van der Waals surface area contributed by atoms with Crippen molar-refractivity contribution in [2.75, 3.05) is 50.1 Å². The monoisotopic (exact) mass is 425 g/mol. The summed E-state index contributed by atoms with van der Waals surface area (Å²) in [6.45, 7) is 2.19. The average molecular weight is 425 g/mol. The Kier molecular flexibility index (Phi) is 6.28. The zero-order chi connectivity index (χ0) is 22.0. The lowest BCUT2D eigenvalue weighted by molar-refractivity contribution is -0.119. The Balaban J connectivity index is 1.70. The van der Waals surface area contributed by atoms with Gasteiger partial charge in [-0.25, -0.2) is 18.4 Å². The van der Waals surface area contributed by atoms with E-state index in [2.05, 4.69) is 10.6 Å². The molecule has 0 spiro atoms. The van der Waals surface area contributed by atoms with Crippen LogP contribution in [-0.2, 0) is 9.53 Å². The molecule has 11 heteroatoms. The third-order valence-electron chi connectivity index (χ3n) is 5.00. The molecule has 2 aliphatic rings. The summed E-state index contributed by atoms with van der Waals surface area (Å²) in [4.78, 5) is 38.9. The van der Waals surface area contributed by atoms with Gasteiger partial charge in [0.25, 0.3) is 0 Å². The molecule has 0 aromatic heterocycles. The lowest BCUT2D eigenvalue weighted by Gasteiger charge is -2.22. The summed E-state index contributed by atoms with van der Waals surface area (Å²) >= 11 is 0. The molecule has 4 amide bonds. The van der Waals surface area contributed by atoms with Crippen LogP contribution in [0.4, 0.5) is 29.7 Å². The highest BCUT2D eigenvalue weighted by Gasteiger charge is 2.34. The average Bonchev–Trinajstić information content (AvgIpc) is 3.25. The van der Waals surface area contributed by atoms with Crippen LogP contribution in [0, 0.1) is 11.6 Å². The summed E-state index contributed by atoms with van der Waals surface area (Å²) in [5.41, 5.74) is -0.150. The third-order valence-corrected chi connectivity index (χ3v) is 5.00. The Morgan fingerprint density at radius 2 is 1.90 bits per heavy atom. The number of hydrogen-bond acceptors (Lipinski definition) is 5. The van der Waals surface area contributed by atoms with Gasteiger partial charge in [0.2, 0.25) is 5.91 Å². The lowest BCUT2D eigenvalue weighted by Crippen LogP contribution is -2.42. The number of anilines is 2. The molecule has 9 nitrogen and oxygen atoms in total. The molecular formula is C19H25F2N5O4. The van der Waals surface area contributed by atoms with Gasteiger partial charge in [-0.15, -0.1) is 0 Å². The smallest absolute Gasteiger partial charge is 0.414 e. The van der Waals surface area contributed by atoms with E-state index >= 15 is 0 Å². The minimum absolute atomic E-state index is 0.0423. The first-order valence-electron chi connectivity index (χ1n) is 9.60. The van der Waals surface area contributed by atoms with Gasteiger partial charge in [-0.2, -0.15) is 0 Å². The normalized spacial score (nSPS) is 20.9. The van der Waals surface area contributed by atoms with Crippen LogP contribution in [0.2, 0.25) is 0 Å². The van der Waals surface area contributed by atoms with E-state index in [-0.39, 0.29) is 49.0 Å². The van der Waals surface area contributed by atoms with Crippen molar-refractivity contribution in [2.24, 2.45) is 0 Å². The molecule has 2 N–H and O–H groups in total. The fourth-order valence-corrected chi connectivity index (χ4v) is 3.49. The number of benzene rings is 1. The summed E-state index contributed by atoms with van der Waals surface area (Å²) in [7, 11) is 3.23. The van der Waals surface area contributed by atoms with Gasteiger partial charge in [-0.05, 0) is 6.42 Å². The molecule has 0 saturated carbocycles. The van der Waals surface area contributed by atoms with Crippen molar-refractivity contribution in [3.63, 3.8) is 0 Å². The Morgan fingerprint density at radius 1 is 1.23 bits per heavy atom. The Labute approximate surface area is 172 Å². The molecule has 0 aliphatic carbocycles. The Morgan fingerprint density at radius 3 is 2.50 bits per heavy atom. The zero-order valence-electron chi connectivity index (χ0n) is 17.1. The number of urea groups is 1. The fourth-order valence-electron chi connectivity index (χ4n) is 3.49. The van der Waals surface area contributed by atoms with Gasteiger partial charge in [0.1, 0.15) is 11.8 Å². The molecule has 2 fully saturated rings. The number of hydrogen-bond donors (Lipinski definition) is 2. The van der Waals surface area contributed by atoms with Gasteiger partial charge in [-0.3, -0.25) is 9.69 Å². The molecule has 164 valence electrons. The van der Waals surface area contributed by atoms with Crippen molar-refractivity contribution in [1.82, 2.24) is 15.5 Å². The third kappa shape index (κ3) is 4.71. The van der Waals surface area contributed by atoms with E-state index < -0.39 is 23.8 Å². The number of rotatable bonds is 5. The topological polar surface area (TPSA) is 94.2 Å². The van der Waals surface area contributed by atoms with Crippen molar-refractivity contribution >= 4 is 29.4 Å². The van der Waals surface area contributed by atoms with E-state index in [1.807, 2.05) is 0 Å². The number of carbonyl (C=O) groups excluding carboxylic acids is 3. The molecule has 30 heavy (non-hydrogen) atoms. The van der Waals surface area contributed by atoms with E-state index in [4.69, 9.17) is 4.74 Å². The maximum absolute atomic E-state index is 14.8. The molecule has 0 unspecified atom stereocenters. The van der Waals surface area contributed by atoms with Gasteiger partial charge in [-0.1, -0.05) is 0 Å². The van der Waals surface area contributed by atoms with Gasteiger partial charge in [0.05, 0.1) is 18.8 Å². The van der Waals surface area contributed by atoms with Gasteiger partial charge in [0, 0.05) is 52.3 Å². The maximum atomic E-state index is 14.8. The molecule has 2 atom stereocenters. The van der Waals surface area contributed by atoms with Crippen LogP contribution in [0.25, 0.3) is 0 Å². The van der Waals surface area contributed by atoms with Gasteiger partial charge in [0.15, 0.2) is 11.6 Å². The van der Waals surface area contributed by atoms with Crippen molar-refractivity contribution in [3.05, 3.63) is 23.8 Å². The largest absolute Gasteiger partial charge is 0.442 e. The van der Waals surface area contributed by atoms with E-state index in [0.29, 0.717) is 13.0 Å². The van der Waals surface area contributed by atoms with E-state index in [0.717, 1.165) is 17.0 Å². The van der Waals surface area contributed by atoms with Gasteiger partial charge >= 0.3 is 12.1 Å². The summed E-state index contributed by atoms with van der Waals surface area (Å²) in [6, 6.07) is 1.69. The molecule has 2 saturated heterocycles. The lowest BCUT2D eigenvalue weighted by atomic mass is 10.2. The number of nitrogens with one attached hydrogen (secondary N) is 2. The number of ether oxygens (including phenoxy) is 1. The molecule has 2 heterocycles. The van der Waals surface area contributed by atoms with Crippen LogP contribution < -0.4 is 20.4 Å². The molecule has 3 rings (SSSR count). The van der Waals surface area contributed by atoms with Crippen LogP contribution >= 0.6 is 0 Å². The van der Waals surface area contributed by atoms with Crippen LogP contribution in [0.5, 0.6) is 0 Å². The predicted octanol–water partition coefficient (Wildman–Crippen LogP) is 1.28. The number of halogens is 2. The second-order valence-corrected chi connectivity index (χ2v) is 7.59. The Bertz CT molecular complexity index is 827. The first kappa shape index (κ1) is 21.6. The molecule has 1 aromatic carbocycles. The van der Waals surface area contributed by atoms with Crippen LogP contribution in [0.1, 0.15) is 13.3 Å². The Hall–Kier alpha value is -3.11. The van der Waals surface area contributed by atoms with E-state index in [9.17, 15) is 23.2 Å². The second kappa shape index (κ2) is 8.72. The van der Waals surface area contributed by atoms with Crippen molar-refractivity contribution in [3.8, 4) is 0 Å². The highest BCUT2D eigenvalue weighted by Crippen LogP contribution is 2.32. The first-order chi connectivity index (χ1) is 14.2. The first-order valence-corrected chi connectivity index (χ1v) is 9.60. The SMILES string of the molecule is CC(=O)NC[C@H]1CN(c2cc(F)c(N3CC[C@@H](NC(=O)N(C)C)C3)c(F)c2)C(=O)O1. The minimum atomic E-state index is -0.803. The standard InChI is InChI=1S/C19H25F2N5O4/c1-11(27)22-8-14-10-26(19(29)30-14)13-6-15(20)17(16(21)7-13)25-5-4-12(9-25)23-18(28)24(2)3/h6-7,12,14H,4-5,8-10H2,1-3H3,(H,22,27)(H,23,28)/t12-,14+/m1/s1. The summed E-state index contributed by atoms with van der Waals surface area (Å²) in [5, 5.41) is 5.35. The minimum Gasteiger partial charge on any atom is -0.442 e. The molecular weight excluding hydrogens is 400 g/mol. The van der Waals surface area contributed by atoms with E-state index in [1.54, 1.807) is 14.1 Å². The predicted molar refractivity (Wildman–Crippen MR) is 105 cm³/mol. The van der Waals surface area contributed by atoms with Crippen LogP contribution in [0.3, 0.4) is 0 Å². The van der Waals surface area contributed by atoms with Crippen molar-refractivity contribution in [1.29, 1.82) is 0 Å². The molecule has 1 aromatic rings. The number of nitrogens with zero attached hydrogens (tertiary/aromatic N) is 3. The fraction of sp³-hybridized carbons (Fsp3) is 0.526. The number of carbonyl (C=O) groups is 3. The highest BCUT2D eigenvalue weighted by atomic mass is 19.1. The van der Waals surface area contributed by atoms with Crippen LogP contribution in [-0.4, -0.2) is 75.4 Å². The van der Waals surface area contributed by atoms with Crippen LogP contribution in [0.15, 0.2) is 12.1 Å². The summed E-state index contributed by atoms with van der Waals surface area (Å²) < 4.78 is 34.7. The van der Waals surface area contributed by atoms with E-state index in [1.165, 1.54) is 16.7 Å². The number of amides is 4. The maximum Gasteiger partial charge on any atom is 0.414 e. The number of cyclic esters (lactones) is 1. The summed E-state index contributed by atoms with van der Waals surface area (Å²) in [6.07, 6.45) is -0.778. The van der Waals surface area contributed by atoms with Crippen molar-refractivity contribution in [2.45, 2.75) is 25.5 Å². The van der Waals surface area contributed by atoms with Gasteiger partial charge < -0.3 is 25.2 Å².